The van der Waals surface area contributed by atoms with E-state index in [1.807, 2.05) is 0 Å². The second-order valence-corrected chi connectivity index (χ2v) is 7.17. The number of piperidine rings is 1. The molecule has 108 valence electrons. The lowest BCUT2D eigenvalue weighted by atomic mass is 10.0. The quantitative estimate of drug-likeness (QED) is 0.851. The molecule has 0 aromatic rings. The molecule has 0 saturated carbocycles. The summed E-state index contributed by atoms with van der Waals surface area (Å²) in [6.07, 6.45) is 5.55. The second-order valence-electron chi connectivity index (χ2n) is 6.02. The zero-order valence-electron chi connectivity index (χ0n) is 11.5. The first-order chi connectivity index (χ1) is 9.25. The molecule has 3 saturated heterocycles. The molecule has 0 aliphatic carbocycles. The molecule has 5 heteroatoms. The number of carboxylic acid groups (broad SMARTS) is 1. The molecule has 4 nitrogen and oxygen atoms in total. The Morgan fingerprint density at radius 1 is 1.05 bits per heavy atom. The summed E-state index contributed by atoms with van der Waals surface area (Å²) in [6, 6.07) is 1.09. The van der Waals surface area contributed by atoms with E-state index in [0.29, 0.717) is 6.04 Å². The van der Waals surface area contributed by atoms with E-state index >= 15 is 0 Å². The summed E-state index contributed by atoms with van der Waals surface area (Å²) < 4.78 is 0. The predicted octanol–water partition coefficient (Wildman–Crippen LogP) is 1.51. The van der Waals surface area contributed by atoms with Crippen LogP contribution in [-0.2, 0) is 4.79 Å². The summed E-state index contributed by atoms with van der Waals surface area (Å²) in [5.74, 6) is 2.00. The Labute approximate surface area is 119 Å². The lowest BCUT2D eigenvalue weighted by Gasteiger charge is -2.40. The van der Waals surface area contributed by atoms with Crippen molar-refractivity contribution in [3.05, 3.63) is 0 Å². The van der Waals surface area contributed by atoms with Crippen LogP contribution < -0.4 is 0 Å². The van der Waals surface area contributed by atoms with Gasteiger partial charge in [0.1, 0.15) is 6.04 Å². The summed E-state index contributed by atoms with van der Waals surface area (Å²) in [4.78, 5) is 16.2. The minimum atomic E-state index is -0.618. The van der Waals surface area contributed by atoms with Gasteiger partial charge in [0.25, 0.3) is 0 Å². The highest BCUT2D eigenvalue weighted by Crippen LogP contribution is 2.29. The number of hydrogen-bond donors (Lipinski definition) is 1. The van der Waals surface area contributed by atoms with Gasteiger partial charge in [-0.05, 0) is 57.5 Å². The summed E-state index contributed by atoms with van der Waals surface area (Å²) >= 11 is 2.08. The van der Waals surface area contributed by atoms with Crippen LogP contribution in [0.3, 0.4) is 0 Å². The number of nitrogens with zero attached hydrogens (tertiary/aromatic N) is 2. The first kappa shape index (κ1) is 13.7. The van der Waals surface area contributed by atoms with Crippen LogP contribution in [-0.4, -0.2) is 70.1 Å². The molecule has 3 aliphatic heterocycles. The number of likely N-dealkylation sites (tertiary alicyclic amines) is 2. The van der Waals surface area contributed by atoms with Crippen molar-refractivity contribution in [1.29, 1.82) is 0 Å². The normalized spacial score (nSPS) is 34.9. The molecule has 0 amide bonds. The molecule has 3 aliphatic rings. The van der Waals surface area contributed by atoms with E-state index in [-0.39, 0.29) is 6.04 Å². The number of thioether (sulfide) groups is 1. The van der Waals surface area contributed by atoms with Crippen molar-refractivity contribution >= 4 is 17.7 Å². The minimum absolute atomic E-state index is 0.210. The van der Waals surface area contributed by atoms with E-state index in [1.54, 1.807) is 0 Å². The Bertz CT molecular complexity index is 325. The van der Waals surface area contributed by atoms with Crippen LogP contribution in [0.25, 0.3) is 0 Å². The van der Waals surface area contributed by atoms with Crippen molar-refractivity contribution in [2.75, 3.05) is 31.1 Å². The van der Waals surface area contributed by atoms with Crippen LogP contribution in [0.4, 0.5) is 0 Å². The molecular formula is C14H24N2O2S. The molecule has 3 heterocycles. The van der Waals surface area contributed by atoms with Crippen LogP contribution in [0.2, 0.25) is 0 Å². The van der Waals surface area contributed by atoms with Gasteiger partial charge >= 0.3 is 5.97 Å². The zero-order valence-corrected chi connectivity index (χ0v) is 12.3. The largest absolute Gasteiger partial charge is 0.480 e. The Morgan fingerprint density at radius 3 is 2.47 bits per heavy atom. The predicted molar refractivity (Wildman–Crippen MR) is 77.7 cm³/mol. The highest BCUT2D eigenvalue weighted by atomic mass is 32.2. The molecule has 0 aromatic carbocycles. The number of hydrogen-bond acceptors (Lipinski definition) is 4. The van der Waals surface area contributed by atoms with Crippen molar-refractivity contribution in [1.82, 2.24) is 9.80 Å². The molecular weight excluding hydrogens is 260 g/mol. The van der Waals surface area contributed by atoms with Crippen LogP contribution in [0, 0.1) is 0 Å². The summed E-state index contributed by atoms with van der Waals surface area (Å²) in [6.45, 7) is 3.32. The van der Waals surface area contributed by atoms with Crippen LogP contribution >= 0.6 is 11.8 Å². The van der Waals surface area contributed by atoms with Gasteiger partial charge in [-0.25, -0.2) is 0 Å². The van der Waals surface area contributed by atoms with E-state index in [9.17, 15) is 9.90 Å². The van der Waals surface area contributed by atoms with Gasteiger partial charge in [-0.15, -0.1) is 0 Å². The fraction of sp³-hybridized carbons (Fsp3) is 0.929. The molecule has 3 rings (SSSR count). The highest BCUT2D eigenvalue weighted by Gasteiger charge is 2.37. The van der Waals surface area contributed by atoms with Gasteiger partial charge in [0.2, 0.25) is 0 Å². The smallest absolute Gasteiger partial charge is 0.320 e. The van der Waals surface area contributed by atoms with Gasteiger partial charge < -0.3 is 5.11 Å². The lowest BCUT2D eigenvalue weighted by molar-refractivity contribution is -0.143. The number of rotatable bonds is 3. The van der Waals surface area contributed by atoms with Crippen molar-refractivity contribution in [2.45, 2.75) is 50.2 Å². The van der Waals surface area contributed by atoms with E-state index in [2.05, 4.69) is 21.6 Å². The maximum atomic E-state index is 11.3. The lowest BCUT2D eigenvalue weighted by Crippen LogP contribution is -2.50. The van der Waals surface area contributed by atoms with Gasteiger partial charge in [-0.1, -0.05) is 0 Å². The Hall–Kier alpha value is -0.260. The Kier molecular flexibility index (Phi) is 4.34. The first-order valence-electron chi connectivity index (χ1n) is 7.56. The molecule has 0 spiro atoms. The minimum Gasteiger partial charge on any atom is -0.480 e. The van der Waals surface area contributed by atoms with Crippen LogP contribution in [0.15, 0.2) is 0 Å². The van der Waals surface area contributed by atoms with E-state index in [0.717, 1.165) is 38.3 Å². The maximum Gasteiger partial charge on any atom is 0.320 e. The number of aliphatic carboxylic acids is 1. The third kappa shape index (κ3) is 2.93. The number of carboxylic acids is 1. The third-order valence-corrected chi connectivity index (χ3v) is 6.11. The molecule has 3 fully saturated rings. The average molecular weight is 284 g/mol. The summed E-state index contributed by atoms with van der Waals surface area (Å²) in [5, 5.41) is 9.28. The summed E-state index contributed by atoms with van der Waals surface area (Å²) in [5.41, 5.74) is 0. The number of carbonyl (C=O) groups is 1. The van der Waals surface area contributed by atoms with Crippen molar-refractivity contribution in [3.8, 4) is 0 Å². The Balaban J connectivity index is 1.53. The van der Waals surface area contributed by atoms with Crippen molar-refractivity contribution in [2.24, 2.45) is 0 Å². The van der Waals surface area contributed by atoms with Gasteiger partial charge in [-0.2, -0.15) is 11.8 Å². The fourth-order valence-electron chi connectivity index (χ4n) is 3.88. The Morgan fingerprint density at radius 2 is 1.84 bits per heavy atom. The zero-order chi connectivity index (χ0) is 13.2. The van der Waals surface area contributed by atoms with E-state index in [4.69, 9.17) is 0 Å². The molecule has 1 N–H and O–H groups in total. The second kappa shape index (κ2) is 6.02. The highest BCUT2D eigenvalue weighted by molar-refractivity contribution is 7.99. The topological polar surface area (TPSA) is 43.8 Å². The van der Waals surface area contributed by atoms with Crippen molar-refractivity contribution < 1.29 is 9.90 Å². The van der Waals surface area contributed by atoms with Crippen molar-refractivity contribution in [3.63, 3.8) is 0 Å². The summed E-state index contributed by atoms with van der Waals surface area (Å²) in [7, 11) is 0. The molecule has 0 aromatic heterocycles. The monoisotopic (exact) mass is 284 g/mol. The molecule has 19 heavy (non-hydrogen) atoms. The van der Waals surface area contributed by atoms with Crippen LogP contribution in [0.5, 0.6) is 0 Å². The fourth-order valence-corrected chi connectivity index (χ4v) is 5.14. The maximum absolute atomic E-state index is 11.3. The van der Waals surface area contributed by atoms with Gasteiger partial charge in [-0.3, -0.25) is 14.6 Å². The van der Waals surface area contributed by atoms with Gasteiger partial charge in [0.05, 0.1) is 0 Å². The first-order valence-corrected chi connectivity index (χ1v) is 8.71. The molecule has 2 atom stereocenters. The average Bonchev–Trinajstić information content (AvgIpc) is 3.10. The van der Waals surface area contributed by atoms with Gasteiger partial charge in [0, 0.05) is 17.8 Å². The molecule has 2 unspecified atom stereocenters. The van der Waals surface area contributed by atoms with E-state index < -0.39 is 5.97 Å². The SMILES string of the molecule is O=C(O)C1CCCN1C1CCN(C2CCSC2)CC1. The van der Waals surface area contributed by atoms with Gasteiger partial charge in [0.15, 0.2) is 0 Å². The molecule has 0 radical (unpaired) electrons. The standard InChI is InChI=1S/C14H24N2O2S/c17-14(18)13-2-1-6-16(13)11-3-7-15(8-4-11)12-5-9-19-10-12/h11-13H,1-10H2,(H,17,18). The van der Waals surface area contributed by atoms with Crippen LogP contribution in [0.1, 0.15) is 32.1 Å². The van der Waals surface area contributed by atoms with E-state index in [1.165, 1.54) is 31.0 Å². The molecule has 0 bridgehead atoms. The third-order valence-electron chi connectivity index (χ3n) is 4.97.